The lowest BCUT2D eigenvalue weighted by Gasteiger charge is -2.23. The van der Waals surface area contributed by atoms with Crippen molar-refractivity contribution in [1.82, 2.24) is 9.97 Å². The zero-order valence-electron chi connectivity index (χ0n) is 12.9. The van der Waals surface area contributed by atoms with E-state index in [4.69, 9.17) is 0 Å². The minimum absolute atomic E-state index is 0.459. The molecule has 1 unspecified atom stereocenters. The Hall–Kier alpha value is -1.05. The number of aromatic nitrogens is 2. The normalized spacial score (nSPS) is 14.1. The van der Waals surface area contributed by atoms with Crippen LogP contribution in [0, 0.1) is 6.92 Å². The van der Waals surface area contributed by atoms with Crippen molar-refractivity contribution >= 4 is 45.1 Å². The molecule has 116 valence electrons. The fourth-order valence-corrected chi connectivity index (χ4v) is 3.65. The smallest absolute Gasteiger partial charge is 0.226 e. The predicted octanol–water partition coefficient (Wildman–Crippen LogP) is 2.96. The van der Waals surface area contributed by atoms with Crippen molar-refractivity contribution in [2.75, 3.05) is 35.7 Å². The molecule has 3 N–H and O–H groups in total. The summed E-state index contributed by atoms with van der Waals surface area (Å²) in [4.78, 5) is 11.2. The number of aryl methyl sites for hydroxylation is 1. The molecule has 0 aliphatic heterocycles. The van der Waals surface area contributed by atoms with Crippen LogP contribution in [0.4, 0.5) is 11.8 Å². The molecular weight excluding hydrogens is 304 g/mol. The number of thiophene rings is 1. The van der Waals surface area contributed by atoms with Gasteiger partial charge in [-0.3, -0.25) is 0 Å². The van der Waals surface area contributed by atoms with Crippen LogP contribution in [-0.4, -0.2) is 45.8 Å². The molecule has 0 spiro atoms. The third-order valence-electron chi connectivity index (χ3n) is 2.94. The number of thioether (sulfide) groups is 1. The van der Waals surface area contributed by atoms with E-state index >= 15 is 0 Å². The maximum absolute atomic E-state index is 10.3. The van der Waals surface area contributed by atoms with Crippen LogP contribution in [0.1, 0.15) is 18.7 Å². The van der Waals surface area contributed by atoms with Gasteiger partial charge in [-0.15, -0.1) is 11.3 Å². The number of nitrogens with one attached hydrogen (secondary N) is 2. The number of nitrogens with zero attached hydrogens (tertiary/aromatic N) is 2. The van der Waals surface area contributed by atoms with Gasteiger partial charge in [-0.2, -0.15) is 16.7 Å². The van der Waals surface area contributed by atoms with E-state index in [0.29, 0.717) is 18.2 Å². The predicted molar refractivity (Wildman–Crippen MR) is 93.8 cm³/mol. The number of hydrogen-bond acceptors (Lipinski definition) is 7. The summed E-state index contributed by atoms with van der Waals surface area (Å²) in [6.45, 7) is 7.15. The first-order valence-corrected chi connectivity index (χ1v) is 9.13. The third-order valence-corrected chi connectivity index (χ3v) is 4.80. The summed E-state index contributed by atoms with van der Waals surface area (Å²) in [6, 6.07) is 2.08. The van der Waals surface area contributed by atoms with Gasteiger partial charge in [0.2, 0.25) is 5.95 Å². The van der Waals surface area contributed by atoms with Gasteiger partial charge < -0.3 is 15.7 Å². The third kappa shape index (κ3) is 4.21. The second kappa shape index (κ2) is 6.81. The molecule has 1 atom stereocenters. The minimum Gasteiger partial charge on any atom is -0.387 e. The van der Waals surface area contributed by atoms with E-state index in [1.807, 2.05) is 20.1 Å². The Morgan fingerprint density at radius 3 is 2.81 bits per heavy atom. The van der Waals surface area contributed by atoms with Crippen LogP contribution in [0.3, 0.4) is 0 Å². The van der Waals surface area contributed by atoms with Crippen molar-refractivity contribution in [2.45, 2.75) is 26.4 Å². The van der Waals surface area contributed by atoms with Gasteiger partial charge >= 0.3 is 0 Å². The zero-order chi connectivity index (χ0) is 15.5. The Morgan fingerprint density at radius 1 is 1.38 bits per heavy atom. The first-order valence-electron chi connectivity index (χ1n) is 6.92. The molecule has 0 radical (unpaired) electrons. The lowest BCUT2D eigenvalue weighted by Crippen LogP contribution is -2.36. The zero-order valence-corrected chi connectivity index (χ0v) is 14.5. The Kier molecular flexibility index (Phi) is 5.29. The molecule has 2 aromatic heterocycles. The van der Waals surface area contributed by atoms with Crippen molar-refractivity contribution < 1.29 is 5.11 Å². The molecule has 5 nitrogen and oxygen atoms in total. The highest BCUT2D eigenvalue weighted by atomic mass is 32.2. The van der Waals surface area contributed by atoms with Crippen LogP contribution >= 0.6 is 23.1 Å². The molecule has 0 bridgehead atoms. The van der Waals surface area contributed by atoms with E-state index in [-0.39, 0.29) is 0 Å². The van der Waals surface area contributed by atoms with Crippen molar-refractivity contribution in [2.24, 2.45) is 0 Å². The number of fused-ring (bicyclic) bond motifs is 1. The van der Waals surface area contributed by atoms with Crippen molar-refractivity contribution in [1.29, 1.82) is 0 Å². The van der Waals surface area contributed by atoms with E-state index in [1.165, 1.54) is 4.88 Å². The van der Waals surface area contributed by atoms with Crippen LogP contribution < -0.4 is 10.6 Å². The lowest BCUT2D eigenvalue weighted by atomic mass is 10.1. The number of anilines is 2. The van der Waals surface area contributed by atoms with E-state index in [9.17, 15) is 5.11 Å². The quantitative estimate of drug-likeness (QED) is 0.727. The van der Waals surface area contributed by atoms with Crippen LogP contribution in [0.2, 0.25) is 0 Å². The Bertz CT molecular complexity index is 612. The second-order valence-electron chi connectivity index (χ2n) is 5.29. The average Bonchev–Trinajstić information content (AvgIpc) is 2.77. The number of rotatable bonds is 7. The standard InChI is InChI=1S/C14H22N4OS2/c1-5-15-13-17-11(16-7-14(3,19)8-20-4)10-6-9(2)21-12(10)18-13/h6,19H,5,7-8H2,1-4H3,(H2,15,16,17,18). The molecule has 0 aliphatic carbocycles. The largest absolute Gasteiger partial charge is 0.387 e. The van der Waals surface area contributed by atoms with Gasteiger partial charge in [-0.1, -0.05) is 0 Å². The summed E-state index contributed by atoms with van der Waals surface area (Å²) < 4.78 is 0. The highest BCUT2D eigenvalue weighted by molar-refractivity contribution is 7.98. The molecule has 7 heteroatoms. The Morgan fingerprint density at radius 2 is 2.14 bits per heavy atom. The first-order chi connectivity index (χ1) is 9.95. The summed E-state index contributed by atoms with van der Waals surface area (Å²) in [6.07, 6.45) is 1.99. The van der Waals surface area contributed by atoms with Gasteiger partial charge in [-0.25, -0.2) is 4.98 Å². The summed E-state index contributed by atoms with van der Waals surface area (Å²) in [5.74, 6) is 2.08. The summed E-state index contributed by atoms with van der Waals surface area (Å²) in [5, 5.41) is 17.7. The van der Waals surface area contributed by atoms with Gasteiger partial charge in [-0.05, 0) is 33.1 Å². The summed E-state index contributed by atoms with van der Waals surface area (Å²) in [5.41, 5.74) is -0.764. The summed E-state index contributed by atoms with van der Waals surface area (Å²) in [7, 11) is 0. The Balaban J connectivity index is 2.28. The minimum atomic E-state index is -0.764. The first kappa shape index (κ1) is 16.3. The maximum Gasteiger partial charge on any atom is 0.226 e. The molecular formula is C14H22N4OS2. The van der Waals surface area contributed by atoms with Gasteiger partial charge in [0.15, 0.2) is 0 Å². The van der Waals surface area contributed by atoms with Crippen molar-refractivity contribution in [3.8, 4) is 0 Å². The van der Waals surface area contributed by atoms with Crippen molar-refractivity contribution in [3.63, 3.8) is 0 Å². The van der Waals surface area contributed by atoms with Gasteiger partial charge in [0.25, 0.3) is 0 Å². The molecule has 2 aromatic rings. The molecule has 2 rings (SSSR count). The fraction of sp³-hybridized carbons (Fsp3) is 0.571. The molecule has 0 saturated heterocycles. The van der Waals surface area contributed by atoms with E-state index in [2.05, 4.69) is 33.6 Å². The number of aliphatic hydroxyl groups is 1. The van der Waals surface area contributed by atoms with E-state index < -0.39 is 5.60 Å². The molecule has 0 aliphatic rings. The maximum atomic E-state index is 10.3. The van der Waals surface area contributed by atoms with Gasteiger partial charge in [0, 0.05) is 23.7 Å². The monoisotopic (exact) mass is 326 g/mol. The van der Waals surface area contributed by atoms with Crippen LogP contribution in [-0.2, 0) is 0 Å². The molecule has 0 aromatic carbocycles. The molecule has 0 fully saturated rings. The second-order valence-corrected chi connectivity index (χ2v) is 7.39. The highest BCUT2D eigenvalue weighted by Gasteiger charge is 2.20. The molecule has 21 heavy (non-hydrogen) atoms. The van der Waals surface area contributed by atoms with Gasteiger partial charge in [0.05, 0.1) is 11.0 Å². The molecule has 0 amide bonds. The van der Waals surface area contributed by atoms with Crippen molar-refractivity contribution in [3.05, 3.63) is 10.9 Å². The number of hydrogen-bond donors (Lipinski definition) is 3. The molecule has 2 heterocycles. The van der Waals surface area contributed by atoms with Crippen LogP contribution in [0.25, 0.3) is 10.2 Å². The Labute approximate surface area is 133 Å². The van der Waals surface area contributed by atoms with Crippen LogP contribution in [0.15, 0.2) is 6.07 Å². The topological polar surface area (TPSA) is 70.1 Å². The fourth-order valence-electron chi connectivity index (χ4n) is 2.05. The van der Waals surface area contributed by atoms with Crippen LogP contribution in [0.5, 0.6) is 0 Å². The van der Waals surface area contributed by atoms with E-state index in [1.54, 1.807) is 23.1 Å². The van der Waals surface area contributed by atoms with E-state index in [0.717, 1.165) is 22.6 Å². The average molecular weight is 326 g/mol. The van der Waals surface area contributed by atoms with Gasteiger partial charge in [0.1, 0.15) is 10.6 Å². The summed E-state index contributed by atoms with van der Waals surface area (Å²) >= 11 is 3.28. The molecule has 0 saturated carbocycles. The SMILES string of the molecule is CCNc1nc(NCC(C)(O)CSC)c2cc(C)sc2n1. The lowest BCUT2D eigenvalue weighted by molar-refractivity contribution is 0.0996. The highest BCUT2D eigenvalue weighted by Crippen LogP contribution is 2.30.